The first-order chi connectivity index (χ1) is 12.5. The molecule has 4 rings (SSSR count). The Morgan fingerprint density at radius 3 is 2.96 bits per heavy atom. The van der Waals surface area contributed by atoms with Gasteiger partial charge >= 0.3 is 0 Å². The molecule has 7 heteroatoms. The summed E-state index contributed by atoms with van der Waals surface area (Å²) in [6, 6.07) is 4.95. The fourth-order valence-corrected chi connectivity index (χ4v) is 3.99. The molecule has 1 unspecified atom stereocenters. The molecule has 3 N–H and O–H groups in total. The van der Waals surface area contributed by atoms with Gasteiger partial charge in [0.1, 0.15) is 5.82 Å². The van der Waals surface area contributed by atoms with Gasteiger partial charge in [-0.2, -0.15) is 0 Å². The second-order valence-electron chi connectivity index (χ2n) is 7.17. The van der Waals surface area contributed by atoms with E-state index in [9.17, 15) is 4.79 Å². The van der Waals surface area contributed by atoms with Gasteiger partial charge in [-0.05, 0) is 44.7 Å². The first kappa shape index (κ1) is 16.9. The maximum atomic E-state index is 11.5. The minimum Gasteiger partial charge on any atom is -0.363 e. The number of nitrogens with zero attached hydrogens (tertiary/aromatic N) is 4. The zero-order valence-corrected chi connectivity index (χ0v) is 15.2. The lowest BCUT2D eigenvalue weighted by atomic mass is 10.1. The van der Waals surface area contributed by atoms with Crippen molar-refractivity contribution in [2.75, 3.05) is 18.0 Å². The average molecular weight is 352 g/mol. The van der Waals surface area contributed by atoms with Gasteiger partial charge in [-0.15, -0.1) is 0 Å². The Kier molecular flexibility index (Phi) is 4.32. The zero-order valence-electron chi connectivity index (χ0n) is 15.2. The molecule has 2 atom stereocenters. The van der Waals surface area contributed by atoms with E-state index < -0.39 is 5.91 Å². The van der Waals surface area contributed by atoms with Gasteiger partial charge in [-0.3, -0.25) is 9.78 Å². The summed E-state index contributed by atoms with van der Waals surface area (Å²) < 4.78 is 0. The van der Waals surface area contributed by atoms with E-state index in [0.29, 0.717) is 12.1 Å². The number of hydrogen-bond donors (Lipinski definition) is 2. The van der Waals surface area contributed by atoms with E-state index in [-0.39, 0.29) is 5.82 Å². The molecule has 26 heavy (non-hydrogen) atoms. The van der Waals surface area contributed by atoms with Gasteiger partial charge in [0.25, 0.3) is 5.91 Å². The van der Waals surface area contributed by atoms with E-state index >= 15 is 0 Å². The number of anilines is 1. The first-order valence-electron chi connectivity index (χ1n) is 9.12. The van der Waals surface area contributed by atoms with E-state index in [2.05, 4.69) is 31.2 Å². The highest BCUT2D eigenvalue weighted by atomic mass is 16.1. The Labute approximate surface area is 153 Å². The Bertz CT molecular complexity index is 852. The molecule has 0 aromatic carbocycles. The van der Waals surface area contributed by atoms with Gasteiger partial charge in [0.05, 0.1) is 0 Å². The van der Waals surface area contributed by atoms with E-state index in [1.807, 2.05) is 26.1 Å². The molecule has 1 fully saturated rings. The van der Waals surface area contributed by atoms with Crippen LogP contribution in [0.3, 0.4) is 0 Å². The summed E-state index contributed by atoms with van der Waals surface area (Å²) in [6.45, 7) is 5.65. The Balaban J connectivity index is 1.49. The van der Waals surface area contributed by atoms with Crippen molar-refractivity contribution in [2.45, 2.75) is 45.2 Å². The molecular weight excluding hydrogens is 328 g/mol. The number of hydrogen-bond acceptors (Lipinski definition) is 6. The van der Waals surface area contributed by atoms with Crippen LogP contribution in [0.25, 0.3) is 0 Å². The molecule has 3 heterocycles. The number of primary amides is 1. The van der Waals surface area contributed by atoms with Gasteiger partial charge in [-0.25, -0.2) is 9.97 Å². The second-order valence-corrected chi connectivity index (χ2v) is 7.17. The van der Waals surface area contributed by atoms with E-state index in [4.69, 9.17) is 5.73 Å². The fraction of sp³-hybridized carbons (Fsp3) is 0.474. The highest BCUT2D eigenvalue weighted by Gasteiger charge is 2.30. The lowest BCUT2D eigenvalue weighted by molar-refractivity contribution is 0.0990. The molecule has 136 valence electrons. The van der Waals surface area contributed by atoms with Crippen LogP contribution in [0.4, 0.5) is 5.82 Å². The summed E-state index contributed by atoms with van der Waals surface area (Å²) in [5.74, 6) is 0.331. The smallest absolute Gasteiger partial charge is 0.286 e. The molecule has 1 aliphatic carbocycles. The lowest BCUT2D eigenvalue weighted by Gasteiger charge is -2.23. The summed E-state index contributed by atoms with van der Waals surface area (Å²) in [7, 11) is 0. The van der Waals surface area contributed by atoms with Gasteiger partial charge < -0.3 is 16.0 Å². The third kappa shape index (κ3) is 3.03. The maximum absolute atomic E-state index is 11.5. The van der Waals surface area contributed by atoms with Gasteiger partial charge in [0, 0.05) is 48.3 Å². The second kappa shape index (κ2) is 6.64. The summed E-state index contributed by atoms with van der Waals surface area (Å²) in [6.07, 6.45) is 5.05. The van der Waals surface area contributed by atoms with Crippen LogP contribution >= 0.6 is 0 Å². The number of carbonyl (C=O) groups excluding carboxylic acids is 1. The monoisotopic (exact) mass is 352 g/mol. The highest BCUT2D eigenvalue weighted by molar-refractivity contribution is 5.89. The Hall–Kier alpha value is -2.54. The number of nitrogens with one attached hydrogen (secondary N) is 1. The predicted octanol–water partition coefficient (Wildman–Crippen LogP) is 1.44. The van der Waals surface area contributed by atoms with Crippen LogP contribution in [0.5, 0.6) is 0 Å². The molecule has 0 radical (unpaired) electrons. The van der Waals surface area contributed by atoms with Crippen molar-refractivity contribution in [3.8, 4) is 0 Å². The molecular formula is C19H24N6O. The quantitative estimate of drug-likeness (QED) is 0.864. The van der Waals surface area contributed by atoms with Crippen molar-refractivity contribution in [3.63, 3.8) is 0 Å². The van der Waals surface area contributed by atoms with Gasteiger partial charge in [-0.1, -0.05) is 6.07 Å². The largest absolute Gasteiger partial charge is 0.363 e. The third-order valence-corrected chi connectivity index (χ3v) is 5.48. The topological polar surface area (TPSA) is 97.0 Å². The number of aromatic nitrogens is 3. The number of amides is 1. The maximum Gasteiger partial charge on any atom is 0.286 e. The van der Waals surface area contributed by atoms with Crippen molar-refractivity contribution in [1.82, 2.24) is 20.3 Å². The summed E-state index contributed by atoms with van der Waals surface area (Å²) in [5, 5.41) is 3.79. The van der Waals surface area contributed by atoms with Crippen molar-refractivity contribution in [3.05, 3.63) is 46.7 Å². The predicted molar refractivity (Wildman–Crippen MR) is 99.1 cm³/mol. The lowest BCUT2D eigenvalue weighted by Crippen LogP contribution is -2.35. The number of pyridine rings is 1. The Morgan fingerprint density at radius 2 is 2.15 bits per heavy atom. The Morgan fingerprint density at radius 1 is 1.31 bits per heavy atom. The molecule has 0 saturated carbocycles. The van der Waals surface area contributed by atoms with Crippen LogP contribution in [-0.4, -0.2) is 40.0 Å². The number of fused-ring (bicyclic) bond motifs is 1. The SMILES string of the molecule is Cc1nc(C(N)=O)nc(N2CC[C@@H](NC3CCc4ncccc43)C2)c1C. The van der Waals surface area contributed by atoms with Gasteiger partial charge in [0.15, 0.2) is 0 Å². The van der Waals surface area contributed by atoms with Crippen molar-refractivity contribution < 1.29 is 4.79 Å². The van der Waals surface area contributed by atoms with Crippen LogP contribution in [-0.2, 0) is 6.42 Å². The van der Waals surface area contributed by atoms with Crippen LogP contribution < -0.4 is 16.0 Å². The molecule has 2 aliphatic rings. The molecule has 7 nitrogen and oxygen atoms in total. The zero-order chi connectivity index (χ0) is 18.3. The fourth-order valence-electron chi connectivity index (χ4n) is 3.99. The minimum absolute atomic E-state index is 0.0929. The van der Waals surface area contributed by atoms with Gasteiger partial charge in [0.2, 0.25) is 5.82 Å². The molecule has 0 spiro atoms. The molecule has 0 bridgehead atoms. The molecule has 1 aliphatic heterocycles. The molecule has 2 aromatic rings. The first-order valence-corrected chi connectivity index (χ1v) is 9.12. The molecule has 1 saturated heterocycles. The minimum atomic E-state index is -0.585. The van der Waals surface area contributed by atoms with Crippen molar-refractivity contribution >= 4 is 11.7 Å². The highest BCUT2D eigenvalue weighted by Crippen LogP contribution is 2.31. The normalized spacial score (nSPS) is 21.8. The number of aryl methyl sites for hydroxylation is 2. The average Bonchev–Trinajstić information content (AvgIpc) is 3.25. The molecule has 1 amide bonds. The number of carbonyl (C=O) groups is 1. The standard InChI is InChI=1S/C19H24N6O/c1-11-12(2)22-18(17(20)26)24-19(11)25-9-7-13(10-25)23-16-6-5-15-14(16)4-3-8-21-15/h3-4,8,13,16,23H,5-7,9-10H2,1-2H3,(H2,20,26)/t13-,16?/m1/s1. The van der Waals surface area contributed by atoms with E-state index in [0.717, 1.165) is 49.4 Å². The summed E-state index contributed by atoms with van der Waals surface area (Å²) in [5.41, 5.74) is 9.73. The van der Waals surface area contributed by atoms with Crippen LogP contribution in [0.1, 0.15) is 52.0 Å². The summed E-state index contributed by atoms with van der Waals surface area (Å²) in [4.78, 5) is 26.8. The number of nitrogens with two attached hydrogens (primary N) is 1. The van der Waals surface area contributed by atoms with E-state index in [1.54, 1.807) is 0 Å². The number of rotatable bonds is 4. The van der Waals surface area contributed by atoms with Crippen molar-refractivity contribution in [1.29, 1.82) is 0 Å². The van der Waals surface area contributed by atoms with Crippen LogP contribution in [0, 0.1) is 13.8 Å². The van der Waals surface area contributed by atoms with Crippen molar-refractivity contribution in [2.24, 2.45) is 5.73 Å². The van der Waals surface area contributed by atoms with E-state index in [1.165, 1.54) is 11.3 Å². The van der Waals surface area contributed by atoms with Crippen LogP contribution in [0.2, 0.25) is 0 Å². The third-order valence-electron chi connectivity index (χ3n) is 5.48. The summed E-state index contributed by atoms with van der Waals surface area (Å²) >= 11 is 0. The van der Waals surface area contributed by atoms with Crippen LogP contribution in [0.15, 0.2) is 18.3 Å². The molecule has 2 aromatic heterocycles.